The van der Waals surface area contributed by atoms with Crippen molar-refractivity contribution in [2.45, 2.75) is 130 Å². The van der Waals surface area contributed by atoms with E-state index in [1.54, 1.807) is 41.5 Å². The standard InChI is InChI=1S/C34H70N12O7.C2HF3O2/c1-17(2)16-23(37)29(49)43(13)34(42(12)27(47)21(9)35,44(14)31(51)25(39)19(5)6)46(45(15)28(48)22(10)36)33(32(52)53,26(40)20(7)8)41(11)30(50)24(38)18(3)4;3-2(4,5)1(6)7/h17-26H,16,35-40H2,1-15H3,(H,52,53);(H,6,7)/t21-,22-,23-,24-,25-,26?,33-,34-;/m1./s1. The first-order valence-corrected chi connectivity index (χ1v) is 19.2. The Labute approximate surface area is 350 Å². The molecule has 14 N–H and O–H groups in total. The lowest BCUT2D eigenvalue weighted by atomic mass is 9.86. The second-order valence-corrected chi connectivity index (χ2v) is 16.3. The molecule has 0 aliphatic heterocycles. The first-order valence-electron chi connectivity index (χ1n) is 19.2. The molecule has 0 aliphatic carbocycles. The van der Waals surface area contributed by atoms with Crippen molar-refractivity contribution in [1.82, 2.24) is 29.6 Å². The molecular formula is C36H71F3N12O9. The second-order valence-electron chi connectivity index (χ2n) is 16.3. The van der Waals surface area contributed by atoms with Gasteiger partial charge in [0.25, 0.3) is 11.8 Å². The third-order valence-electron chi connectivity index (χ3n) is 9.98. The van der Waals surface area contributed by atoms with Gasteiger partial charge in [0.1, 0.15) is 0 Å². The summed E-state index contributed by atoms with van der Waals surface area (Å²) in [5.41, 5.74) is 35.6. The highest BCUT2D eigenvalue weighted by Gasteiger charge is 2.70. The Hall–Kier alpha value is -4.20. The van der Waals surface area contributed by atoms with Crippen molar-refractivity contribution < 1.29 is 56.9 Å². The van der Waals surface area contributed by atoms with Gasteiger partial charge >= 0.3 is 18.1 Å². The number of carboxylic acids is 2. The SMILES string of the molecule is CC(C)C[C@@H](N)C(=O)N(C)[C@](N(C)C(=O)[C@@H](C)N)(N(C)C(=O)[C@H](N)C(C)C)N(N(C)C(=O)[C@@H](C)N)[C@@](C(=O)O)(C(N)C(C)C)N(C)C(=O)[C@H](N)C(C)C.O=C(O)C(F)(F)F. The van der Waals surface area contributed by atoms with Crippen molar-refractivity contribution in [3.63, 3.8) is 0 Å². The average molecular weight is 873 g/mol. The summed E-state index contributed by atoms with van der Waals surface area (Å²) in [6.07, 6.45) is -4.97. The highest BCUT2D eigenvalue weighted by molar-refractivity contribution is 5.92. The molecule has 0 saturated heterocycles. The summed E-state index contributed by atoms with van der Waals surface area (Å²) in [7, 11) is 5.79. The molecule has 60 heavy (non-hydrogen) atoms. The van der Waals surface area contributed by atoms with E-state index in [4.69, 9.17) is 44.3 Å². The van der Waals surface area contributed by atoms with Gasteiger partial charge in [-0.25, -0.2) is 9.59 Å². The number of alkyl halides is 3. The van der Waals surface area contributed by atoms with Crippen LogP contribution in [0, 0.1) is 23.7 Å². The van der Waals surface area contributed by atoms with Crippen molar-refractivity contribution in [2.24, 2.45) is 58.1 Å². The van der Waals surface area contributed by atoms with Crippen LogP contribution in [-0.4, -0.2) is 171 Å². The quantitative estimate of drug-likeness (QED) is 0.0543. The molecule has 0 radical (unpaired) electrons. The fraction of sp³-hybridized carbons (Fsp3) is 0.806. The summed E-state index contributed by atoms with van der Waals surface area (Å²) in [4.78, 5) is 99.1. The van der Waals surface area contributed by atoms with E-state index in [0.29, 0.717) is 0 Å². The molecule has 0 aromatic heterocycles. The predicted octanol–water partition coefficient (Wildman–Crippen LogP) is -1.46. The number of carbonyl (C=O) groups is 7. The molecule has 0 aromatic carbocycles. The largest absolute Gasteiger partial charge is 0.490 e. The van der Waals surface area contributed by atoms with Gasteiger partial charge in [0.15, 0.2) is 0 Å². The van der Waals surface area contributed by atoms with Gasteiger partial charge in [-0.1, -0.05) is 55.4 Å². The zero-order valence-corrected chi connectivity index (χ0v) is 37.5. The summed E-state index contributed by atoms with van der Waals surface area (Å²) in [6, 6.07) is -8.25. The fourth-order valence-corrected chi connectivity index (χ4v) is 6.29. The van der Waals surface area contributed by atoms with Crippen LogP contribution in [0.5, 0.6) is 0 Å². The van der Waals surface area contributed by atoms with Gasteiger partial charge in [0.05, 0.1) is 36.3 Å². The van der Waals surface area contributed by atoms with Gasteiger partial charge in [-0.05, 0) is 43.9 Å². The number of nitrogens with zero attached hydrogens (tertiary/aromatic N) is 6. The molecule has 24 heteroatoms. The molecule has 0 aliphatic rings. The third kappa shape index (κ3) is 12.4. The normalized spacial score (nSPS) is 16.9. The maximum atomic E-state index is 14.7. The number of carboxylic acid groups (broad SMARTS) is 2. The van der Waals surface area contributed by atoms with E-state index in [9.17, 15) is 47.0 Å². The van der Waals surface area contributed by atoms with E-state index < -0.39 is 113 Å². The molecule has 8 atom stereocenters. The van der Waals surface area contributed by atoms with E-state index >= 15 is 0 Å². The molecule has 0 aromatic rings. The lowest BCUT2D eigenvalue weighted by Crippen LogP contribution is -2.91. The van der Waals surface area contributed by atoms with Crippen LogP contribution < -0.4 is 34.4 Å². The molecule has 350 valence electrons. The number of rotatable bonds is 19. The Morgan fingerprint density at radius 2 is 0.850 bits per heavy atom. The van der Waals surface area contributed by atoms with Gasteiger partial charge in [0, 0.05) is 35.2 Å². The number of likely N-dealkylation sites (N-methyl/N-ethyl adjacent to an activating group) is 5. The van der Waals surface area contributed by atoms with Crippen molar-refractivity contribution in [2.75, 3.05) is 35.2 Å². The Balaban J connectivity index is 0. The highest BCUT2D eigenvalue weighted by atomic mass is 19.4. The Morgan fingerprint density at radius 3 is 1.13 bits per heavy atom. The summed E-state index contributed by atoms with van der Waals surface area (Å²) in [5, 5.41) is 20.3. The minimum absolute atomic E-state index is 0.110. The van der Waals surface area contributed by atoms with Crippen molar-refractivity contribution in [1.29, 1.82) is 0 Å². The van der Waals surface area contributed by atoms with Crippen molar-refractivity contribution in [3.8, 4) is 0 Å². The Kier molecular flexibility index (Phi) is 21.8. The maximum absolute atomic E-state index is 14.7. The lowest BCUT2D eigenvalue weighted by molar-refractivity contribution is -0.325. The van der Waals surface area contributed by atoms with E-state index in [0.717, 1.165) is 43.7 Å². The molecule has 21 nitrogen and oxygen atoms in total. The second kappa shape index (κ2) is 22.6. The number of hydrazine groups is 1. The molecule has 0 heterocycles. The molecule has 0 saturated carbocycles. The number of nitrogens with two attached hydrogens (primary N) is 6. The number of hydrogen-bond donors (Lipinski definition) is 8. The number of hydrogen-bond acceptors (Lipinski definition) is 14. The third-order valence-corrected chi connectivity index (χ3v) is 9.98. The number of aliphatic carboxylic acids is 2. The monoisotopic (exact) mass is 873 g/mol. The number of carbonyl (C=O) groups excluding carboxylic acids is 5. The van der Waals surface area contributed by atoms with Crippen LogP contribution in [0.4, 0.5) is 13.2 Å². The summed E-state index contributed by atoms with van der Waals surface area (Å²) in [6.45, 7) is 16.0. The molecule has 0 bridgehead atoms. The van der Waals surface area contributed by atoms with E-state index in [2.05, 4.69) is 0 Å². The molecule has 5 amide bonds. The van der Waals surface area contributed by atoms with E-state index in [1.807, 2.05) is 13.8 Å². The summed E-state index contributed by atoms with van der Waals surface area (Å²) >= 11 is 0. The van der Waals surface area contributed by atoms with Crippen LogP contribution in [0.2, 0.25) is 0 Å². The van der Waals surface area contributed by atoms with Crippen LogP contribution in [-0.2, 0) is 33.6 Å². The maximum Gasteiger partial charge on any atom is 0.490 e. The van der Waals surface area contributed by atoms with Gasteiger partial charge in [-0.15, -0.1) is 5.01 Å². The van der Waals surface area contributed by atoms with Crippen LogP contribution in [0.15, 0.2) is 0 Å². The summed E-state index contributed by atoms with van der Waals surface area (Å²) in [5.74, 6) is -14.1. The Bertz CT molecular complexity index is 1520. The van der Waals surface area contributed by atoms with Gasteiger partial charge < -0.3 is 49.5 Å². The van der Waals surface area contributed by atoms with Crippen LogP contribution in [0.1, 0.15) is 75.7 Å². The van der Waals surface area contributed by atoms with Gasteiger partial charge in [-0.3, -0.25) is 43.7 Å². The summed E-state index contributed by atoms with van der Waals surface area (Å²) < 4.78 is 31.7. The van der Waals surface area contributed by atoms with Gasteiger partial charge in [0.2, 0.25) is 29.3 Å². The van der Waals surface area contributed by atoms with E-state index in [-0.39, 0.29) is 12.3 Å². The first-order chi connectivity index (χ1) is 26.9. The van der Waals surface area contributed by atoms with Crippen LogP contribution in [0.3, 0.4) is 0 Å². The molecule has 1 unspecified atom stereocenters. The minimum atomic E-state index is -5.08. The molecule has 0 rings (SSSR count). The lowest BCUT2D eigenvalue weighted by Gasteiger charge is -2.65. The zero-order valence-electron chi connectivity index (χ0n) is 37.5. The average Bonchev–Trinajstić information content (AvgIpc) is 3.13. The smallest absolute Gasteiger partial charge is 0.478 e. The van der Waals surface area contributed by atoms with Crippen molar-refractivity contribution >= 4 is 41.5 Å². The molecule has 0 spiro atoms. The minimum Gasteiger partial charge on any atom is -0.478 e. The number of halogens is 3. The van der Waals surface area contributed by atoms with E-state index in [1.165, 1.54) is 35.0 Å². The topological polar surface area (TPSA) is 336 Å². The fourth-order valence-electron chi connectivity index (χ4n) is 6.29. The zero-order chi connectivity index (χ0) is 48.5. The van der Waals surface area contributed by atoms with Crippen molar-refractivity contribution in [3.05, 3.63) is 0 Å². The first kappa shape index (κ1) is 57.9. The number of amides is 5. The van der Waals surface area contributed by atoms with Crippen LogP contribution in [0.25, 0.3) is 0 Å². The highest BCUT2D eigenvalue weighted by Crippen LogP contribution is 2.41. The predicted molar refractivity (Wildman–Crippen MR) is 216 cm³/mol. The Morgan fingerprint density at radius 1 is 0.517 bits per heavy atom. The van der Waals surface area contributed by atoms with Gasteiger partial charge in [-0.2, -0.15) is 13.2 Å². The van der Waals surface area contributed by atoms with Crippen LogP contribution >= 0.6 is 0 Å². The molecular weight excluding hydrogens is 801 g/mol. The molecule has 0 fully saturated rings.